The van der Waals surface area contributed by atoms with E-state index in [4.69, 9.17) is 10.8 Å². The predicted molar refractivity (Wildman–Crippen MR) is 69.7 cm³/mol. The van der Waals surface area contributed by atoms with Crippen LogP contribution in [0.25, 0.3) is 0 Å². The number of primary amides is 1. The summed E-state index contributed by atoms with van der Waals surface area (Å²) in [6.45, 7) is 5.47. The molecule has 0 saturated heterocycles. The molecule has 0 heterocycles. The van der Waals surface area contributed by atoms with Crippen LogP contribution in [0.4, 0.5) is 5.69 Å². The molecule has 0 aliphatic carbocycles. The first-order valence-corrected chi connectivity index (χ1v) is 5.62. The van der Waals surface area contributed by atoms with Crippen molar-refractivity contribution in [2.24, 2.45) is 5.73 Å². The monoisotopic (exact) mass is 250 g/mol. The van der Waals surface area contributed by atoms with Crippen molar-refractivity contribution in [1.29, 1.82) is 0 Å². The Morgan fingerprint density at radius 2 is 2.00 bits per heavy atom. The SMILES string of the molecule is Cc1ccc(C(=O)O)c(NC(C)(C)CC(N)=O)c1. The second-order valence-corrected chi connectivity index (χ2v) is 5.01. The summed E-state index contributed by atoms with van der Waals surface area (Å²) >= 11 is 0. The van der Waals surface area contributed by atoms with Gasteiger partial charge in [-0.3, -0.25) is 4.79 Å². The van der Waals surface area contributed by atoms with Crippen LogP contribution in [-0.4, -0.2) is 22.5 Å². The summed E-state index contributed by atoms with van der Waals surface area (Å²) in [5.74, 6) is -1.44. The molecule has 0 fully saturated rings. The van der Waals surface area contributed by atoms with E-state index in [0.29, 0.717) is 5.69 Å². The van der Waals surface area contributed by atoms with Gasteiger partial charge >= 0.3 is 5.97 Å². The summed E-state index contributed by atoms with van der Waals surface area (Å²) in [4.78, 5) is 22.1. The second kappa shape index (κ2) is 5.08. The van der Waals surface area contributed by atoms with Gasteiger partial charge in [0.1, 0.15) is 0 Å². The molecule has 4 N–H and O–H groups in total. The highest BCUT2D eigenvalue weighted by atomic mass is 16.4. The zero-order chi connectivity index (χ0) is 13.9. The molecule has 0 aliphatic heterocycles. The second-order valence-electron chi connectivity index (χ2n) is 5.01. The molecule has 18 heavy (non-hydrogen) atoms. The smallest absolute Gasteiger partial charge is 0.337 e. The number of aryl methyl sites for hydroxylation is 1. The number of hydrogen-bond acceptors (Lipinski definition) is 3. The van der Waals surface area contributed by atoms with Gasteiger partial charge in [-0.15, -0.1) is 0 Å². The van der Waals surface area contributed by atoms with Crippen molar-refractivity contribution >= 4 is 17.6 Å². The molecule has 0 aromatic heterocycles. The Kier molecular flexibility index (Phi) is 3.96. The van der Waals surface area contributed by atoms with Crippen LogP contribution in [0.5, 0.6) is 0 Å². The Bertz CT molecular complexity index is 481. The first-order valence-electron chi connectivity index (χ1n) is 5.62. The number of carbonyl (C=O) groups excluding carboxylic acids is 1. The quantitative estimate of drug-likeness (QED) is 0.742. The molecule has 0 radical (unpaired) electrons. The van der Waals surface area contributed by atoms with Crippen molar-refractivity contribution in [1.82, 2.24) is 0 Å². The number of carboxylic acids is 1. The third-order valence-corrected chi connectivity index (χ3v) is 2.49. The van der Waals surface area contributed by atoms with Gasteiger partial charge in [-0.1, -0.05) is 6.07 Å². The number of hydrogen-bond donors (Lipinski definition) is 3. The molecular formula is C13H18N2O3. The standard InChI is InChI=1S/C13H18N2O3/c1-8-4-5-9(12(17)18)10(6-8)15-13(2,3)7-11(14)16/h4-6,15H,7H2,1-3H3,(H2,14,16)(H,17,18). The van der Waals surface area contributed by atoms with E-state index in [1.54, 1.807) is 32.0 Å². The number of anilines is 1. The fourth-order valence-corrected chi connectivity index (χ4v) is 1.79. The third-order valence-electron chi connectivity index (χ3n) is 2.49. The Hall–Kier alpha value is -2.04. The van der Waals surface area contributed by atoms with Gasteiger partial charge in [0, 0.05) is 17.6 Å². The van der Waals surface area contributed by atoms with E-state index < -0.39 is 17.4 Å². The van der Waals surface area contributed by atoms with Gasteiger partial charge in [0.15, 0.2) is 0 Å². The number of nitrogens with one attached hydrogen (secondary N) is 1. The highest BCUT2D eigenvalue weighted by Crippen LogP contribution is 2.23. The summed E-state index contributed by atoms with van der Waals surface area (Å²) in [5, 5.41) is 12.2. The molecule has 0 bridgehead atoms. The summed E-state index contributed by atoms with van der Waals surface area (Å²) < 4.78 is 0. The molecule has 0 atom stereocenters. The number of rotatable bonds is 5. The highest BCUT2D eigenvalue weighted by Gasteiger charge is 2.22. The van der Waals surface area contributed by atoms with Crippen LogP contribution in [0.1, 0.15) is 36.2 Å². The topological polar surface area (TPSA) is 92.4 Å². The fraction of sp³-hybridized carbons (Fsp3) is 0.385. The van der Waals surface area contributed by atoms with Crippen molar-refractivity contribution in [3.8, 4) is 0 Å². The summed E-state index contributed by atoms with van der Waals surface area (Å²) in [6.07, 6.45) is 0.125. The number of carboxylic acid groups (broad SMARTS) is 1. The van der Waals surface area contributed by atoms with Gasteiger partial charge in [0.2, 0.25) is 5.91 Å². The van der Waals surface area contributed by atoms with Crippen LogP contribution in [0.15, 0.2) is 18.2 Å². The molecule has 1 rings (SSSR count). The predicted octanol–water partition coefficient (Wildman–Crippen LogP) is 1.76. The number of aromatic carboxylic acids is 1. The average Bonchev–Trinajstić information content (AvgIpc) is 2.13. The molecule has 5 heteroatoms. The minimum Gasteiger partial charge on any atom is -0.478 e. The minimum absolute atomic E-state index is 0.125. The number of carbonyl (C=O) groups is 2. The van der Waals surface area contributed by atoms with Crippen molar-refractivity contribution in [3.05, 3.63) is 29.3 Å². The molecule has 0 aliphatic rings. The lowest BCUT2D eigenvalue weighted by molar-refractivity contribution is -0.118. The molecular weight excluding hydrogens is 232 g/mol. The molecule has 0 spiro atoms. The largest absolute Gasteiger partial charge is 0.478 e. The van der Waals surface area contributed by atoms with Crippen molar-refractivity contribution < 1.29 is 14.7 Å². The van der Waals surface area contributed by atoms with Crippen molar-refractivity contribution in [3.63, 3.8) is 0 Å². The maximum atomic E-state index is 11.1. The molecule has 1 aromatic carbocycles. The third kappa shape index (κ3) is 3.76. The van der Waals surface area contributed by atoms with Gasteiger partial charge < -0.3 is 16.2 Å². The Morgan fingerprint density at radius 1 is 1.39 bits per heavy atom. The van der Waals surface area contributed by atoms with Crippen LogP contribution in [0, 0.1) is 6.92 Å². The number of amides is 1. The van der Waals surface area contributed by atoms with E-state index in [1.807, 2.05) is 6.92 Å². The maximum Gasteiger partial charge on any atom is 0.337 e. The first kappa shape index (κ1) is 14.0. The van der Waals surface area contributed by atoms with Crippen molar-refractivity contribution in [2.75, 3.05) is 5.32 Å². The van der Waals surface area contributed by atoms with Gasteiger partial charge in [-0.25, -0.2) is 4.79 Å². The summed E-state index contributed by atoms with van der Waals surface area (Å²) in [5.41, 5.74) is 6.19. The number of benzene rings is 1. The average molecular weight is 250 g/mol. The van der Waals surface area contributed by atoms with Crippen LogP contribution >= 0.6 is 0 Å². The Morgan fingerprint density at radius 3 is 2.50 bits per heavy atom. The van der Waals surface area contributed by atoms with E-state index in [-0.39, 0.29) is 12.0 Å². The lowest BCUT2D eigenvalue weighted by Gasteiger charge is -2.27. The molecule has 1 aromatic rings. The van der Waals surface area contributed by atoms with Gasteiger partial charge in [-0.05, 0) is 38.5 Å². The number of nitrogens with two attached hydrogens (primary N) is 1. The van der Waals surface area contributed by atoms with Gasteiger partial charge in [-0.2, -0.15) is 0 Å². The maximum absolute atomic E-state index is 11.1. The first-order chi connectivity index (χ1) is 8.21. The van der Waals surface area contributed by atoms with Crippen LogP contribution in [0.3, 0.4) is 0 Å². The van der Waals surface area contributed by atoms with E-state index in [9.17, 15) is 9.59 Å². The lowest BCUT2D eigenvalue weighted by Crippen LogP contribution is -2.36. The fourth-order valence-electron chi connectivity index (χ4n) is 1.79. The highest BCUT2D eigenvalue weighted by molar-refractivity contribution is 5.94. The molecule has 5 nitrogen and oxygen atoms in total. The van der Waals surface area contributed by atoms with Crippen LogP contribution < -0.4 is 11.1 Å². The molecule has 1 amide bonds. The zero-order valence-corrected chi connectivity index (χ0v) is 10.8. The normalized spacial score (nSPS) is 11.1. The molecule has 0 saturated carbocycles. The van der Waals surface area contributed by atoms with E-state index in [1.165, 1.54) is 0 Å². The van der Waals surface area contributed by atoms with Gasteiger partial charge in [0.25, 0.3) is 0 Å². The lowest BCUT2D eigenvalue weighted by atomic mass is 9.98. The Labute approximate surface area is 106 Å². The van der Waals surface area contributed by atoms with Crippen molar-refractivity contribution in [2.45, 2.75) is 32.7 Å². The summed E-state index contributed by atoms with van der Waals surface area (Å²) in [6, 6.07) is 5.02. The Balaban J connectivity index is 3.05. The zero-order valence-electron chi connectivity index (χ0n) is 10.8. The minimum atomic E-state index is -1.01. The molecule has 98 valence electrons. The van der Waals surface area contributed by atoms with E-state index in [2.05, 4.69) is 5.32 Å². The molecule has 0 unspecified atom stereocenters. The van der Waals surface area contributed by atoms with E-state index in [0.717, 1.165) is 5.56 Å². The van der Waals surface area contributed by atoms with Gasteiger partial charge in [0.05, 0.1) is 5.56 Å². The van der Waals surface area contributed by atoms with E-state index >= 15 is 0 Å². The van der Waals surface area contributed by atoms with Crippen LogP contribution in [0.2, 0.25) is 0 Å². The summed E-state index contributed by atoms with van der Waals surface area (Å²) in [7, 11) is 0. The van der Waals surface area contributed by atoms with Crippen LogP contribution in [-0.2, 0) is 4.79 Å².